The molecule has 0 saturated carbocycles. The zero-order valence-corrected chi connectivity index (χ0v) is 16.1. The summed E-state index contributed by atoms with van der Waals surface area (Å²) in [6.07, 6.45) is 4.36. The van der Waals surface area contributed by atoms with E-state index in [0.29, 0.717) is 5.92 Å². The van der Waals surface area contributed by atoms with Gasteiger partial charge in [0.05, 0.1) is 5.54 Å². The minimum atomic E-state index is 0.145. The maximum absolute atomic E-state index is 12.9. The van der Waals surface area contributed by atoms with Crippen molar-refractivity contribution in [3.8, 4) is 0 Å². The van der Waals surface area contributed by atoms with Gasteiger partial charge in [-0.25, -0.2) is 0 Å². The van der Waals surface area contributed by atoms with Gasteiger partial charge in [0.25, 0.3) is 5.91 Å². The van der Waals surface area contributed by atoms with Gasteiger partial charge in [-0.3, -0.25) is 9.69 Å². The van der Waals surface area contributed by atoms with E-state index in [0.717, 1.165) is 55.7 Å². The number of ether oxygens (including phenoxy) is 1. The molecule has 5 heteroatoms. The van der Waals surface area contributed by atoms with Gasteiger partial charge in [0, 0.05) is 56.0 Å². The van der Waals surface area contributed by atoms with Gasteiger partial charge in [-0.2, -0.15) is 0 Å². The molecule has 1 aromatic heterocycles. The zero-order chi connectivity index (χ0) is 18.3. The number of carbonyl (C=O) groups is 1. The minimum absolute atomic E-state index is 0.145. The predicted molar refractivity (Wildman–Crippen MR) is 103 cm³/mol. The van der Waals surface area contributed by atoms with Gasteiger partial charge in [-0.05, 0) is 63.5 Å². The van der Waals surface area contributed by atoms with E-state index in [1.807, 2.05) is 36.3 Å². The second-order valence-electron chi connectivity index (χ2n) is 8.03. The fraction of sp³-hybridized carbons (Fsp3) is 0.571. The number of carbonyl (C=O) groups excluding carboxylic acids is 1. The van der Waals surface area contributed by atoms with E-state index in [4.69, 9.17) is 4.74 Å². The number of fused-ring (bicyclic) bond motifs is 1. The molecule has 4 rings (SSSR count). The van der Waals surface area contributed by atoms with E-state index in [1.165, 1.54) is 6.42 Å². The number of likely N-dealkylation sites (tertiary alicyclic amines) is 2. The van der Waals surface area contributed by atoms with Crippen LogP contribution in [0.2, 0.25) is 0 Å². The van der Waals surface area contributed by atoms with Crippen LogP contribution in [0.15, 0.2) is 30.5 Å². The Morgan fingerprint density at radius 2 is 2.08 bits per heavy atom. The summed E-state index contributed by atoms with van der Waals surface area (Å²) in [7, 11) is 4.23. The molecule has 2 fully saturated rings. The Labute approximate surface area is 155 Å². The van der Waals surface area contributed by atoms with Gasteiger partial charge < -0.3 is 14.2 Å². The van der Waals surface area contributed by atoms with Crippen molar-refractivity contribution < 1.29 is 9.53 Å². The highest BCUT2D eigenvalue weighted by molar-refractivity contribution is 5.98. The van der Waals surface area contributed by atoms with Crippen LogP contribution in [0.25, 0.3) is 10.9 Å². The molecule has 2 aliphatic rings. The molecule has 1 spiro atoms. The van der Waals surface area contributed by atoms with Crippen LogP contribution in [-0.4, -0.2) is 65.7 Å². The average Bonchev–Trinajstić information content (AvgIpc) is 2.99. The summed E-state index contributed by atoms with van der Waals surface area (Å²) in [6.45, 7) is 6.44. The van der Waals surface area contributed by atoms with Crippen LogP contribution in [0.4, 0.5) is 0 Å². The molecule has 0 radical (unpaired) electrons. The normalized spacial score (nSPS) is 22.7. The third-order valence-corrected chi connectivity index (χ3v) is 6.30. The van der Waals surface area contributed by atoms with Crippen LogP contribution in [0, 0.1) is 5.92 Å². The Balaban J connectivity index is 1.44. The molecule has 1 aromatic carbocycles. The van der Waals surface area contributed by atoms with Gasteiger partial charge in [-0.1, -0.05) is 0 Å². The monoisotopic (exact) mass is 355 g/mol. The minimum Gasteiger partial charge on any atom is -0.381 e. The number of hydrogen-bond acceptors (Lipinski definition) is 3. The predicted octanol–water partition coefficient (Wildman–Crippen LogP) is 2.75. The smallest absolute Gasteiger partial charge is 0.254 e. The molecule has 0 aliphatic carbocycles. The number of benzene rings is 1. The number of nitrogens with zero attached hydrogens (tertiary/aromatic N) is 3. The third kappa shape index (κ3) is 2.93. The van der Waals surface area contributed by atoms with Crippen molar-refractivity contribution in [2.75, 3.05) is 39.9 Å². The number of hydrogen-bond donors (Lipinski definition) is 0. The molecule has 0 bridgehead atoms. The van der Waals surface area contributed by atoms with Crippen molar-refractivity contribution >= 4 is 16.8 Å². The van der Waals surface area contributed by atoms with Crippen molar-refractivity contribution in [1.82, 2.24) is 14.4 Å². The molecular weight excluding hydrogens is 326 g/mol. The van der Waals surface area contributed by atoms with Crippen LogP contribution in [0.5, 0.6) is 0 Å². The van der Waals surface area contributed by atoms with E-state index in [2.05, 4.69) is 29.5 Å². The summed E-state index contributed by atoms with van der Waals surface area (Å²) in [5.74, 6) is 0.769. The van der Waals surface area contributed by atoms with Crippen molar-refractivity contribution in [3.05, 3.63) is 36.0 Å². The lowest BCUT2D eigenvalue weighted by molar-refractivity contribution is -0.0751. The second kappa shape index (κ2) is 6.71. The zero-order valence-electron chi connectivity index (χ0n) is 16.1. The second-order valence-corrected chi connectivity index (χ2v) is 8.03. The van der Waals surface area contributed by atoms with E-state index >= 15 is 0 Å². The van der Waals surface area contributed by atoms with E-state index in [9.17, 15) is 4.79 Å². The number of aromatic nitrogens is 1. The summed E-state index contributed by atoms with van der Waals surface area (Å²) >= 11 is 0. The Morgan fingerprint density at radius 1 is 1.27 bits per heavy atom. The summed E-state index contributed by atoms with van der Waals surface area (Å²) in [5.41, 5.74) is 2.10. The van der Waals surface area contributed by atoms with Crippen LogP contribution in [-0.2, 0) is 11.8 Å². The Hall–Kier alpha value is -1.85. The maximum Gasteiger partial charge on any atom is 0.254 e. The van der Waals surface area contributed by atoms with Gasteiger partial charge in [0.1, 0.15) is 0 Å². The number of amides is 1. The van der Waals surface area contributed by atoms with Crippen LogP contribution < -0.4 is 0 Å². The quantitative estimate of drug-likeness (QED) is 0.846. The third-order valence-electron chi connectivity index (χ3n) is 6.30. The van der Waals surface area contributed by atoms with Crippen molar-refractivity contribution in [2.45, 2.75) is 25.3 Å². The SMILES string of the molecule is CCOCC1CCN(C)C2(C1)CN(C(=O)c1ccc3c(ccn3C)c1)C2. The van der Waals surface area contributed by atoms with Crippen molar-refractivity contribution in [3.63, 3.8) is 0 Å². The molecular formula is C21H29N3O2. The largest absolute Gasteiger partial charge is 0.381 e. The summed E-state index contributed by atoms with van der Waals surface area (Å²) in [6, 6.07) is 8.09. The molecule has 2 aliphatic heterocycles. The van der Waals surface area contributed by atoms with Gasteiger partial charge in [0.15, 0.2) is 0 Å². The first-order valence-electron chi connectivity index (χ1n) is 9.66. The standard InChI is InChI=1S/C21H29N3O2/c1-4-26-13-16-7-10-23(3)21(12-16)14-24(15-21)20(25)18-5-6-19-17(11-18)8-9-22(19)2/h5-6,8-9,11,16H,4,7,10,12-15H2,1-3H3. The molecule has 5 nitrogen and oxygen atoms in total. The molecule has 3 heterocycles. The molecule has 140 valence electrons. The molecule has 2 saturated heterocycles. The molecule has 1 amide bonds. The lowest BCUT2D eigenvalue weighted by Gasteiger charge is -2.58. The molecule has 26 heavy (non-hydrogen) atoms. The number of likely N-dealkylation sites (N-methyl/N-ethyl adjacent to an activating group) is 1. The molecule has 1 atom stereocenters. The summed E-state index contributed by atoms with van der Waals surface area (Å²) in [4.78, 5) is 17.4. The fourth-order valence-corrected chi connectivity index (χ4v) is 4.61. The molecule has 0 N–H and O–H groups in total. The van der Waals surface area contributed by atoms with Gasteiger partial charge in [0.2, 0.25) is 0 Å². The highest BCUT2D eigenvalue weighted by atomic mass is 16.5. The number of rotatable bonds is 4. The van der Waals surface area contributed by atoms with Crippen LogP contribution >= 0.6 is 0 Å². The van der Waals surface area contributed by atoms with Crippen LogP contribution in [0.3, 0.4) is 0 Å². The first-order valence-corrected chi connectivity index (χ1v) is 9.66. The topological polar surface area (TPSA) is 37.7 Å². The average molecular weight is 355 g/mol. The van der Waals surface area contributed by atoms with Gasteiger partial charge >= 0.3 is 0 Å². The van der Waals surface area contributed by atoms with Crippen molar-refractivity contribution in [1.29, 1.82) is 0 Å². The Kier molecular flexibility index (Phi) is 4.53. The highest BCUT2D eigenvalue weighted by Crippen LogP contribution is 2.39. The van der Waals surface area contributed by atoms with E-state index in [1.54, 1.807) is 0 Å². The first kappa shape index (κ1) is 17.6. The first-order chi connectivity index (χ1) is 12.5. The molecule has 1 unspecified atom stereocenters. The fourth-order valence-electron chi connectivity index (χ4n) is 4.61. The Morgan fingerprint density at radius 3 is 2.85 bits per heavy atom. The number of piperidine rings is 1. The van der Waals surface area contributed by atoms with Gasteiger partial charge in [-0.15, -0.1) is 0 Å². The Bertz CT molecular complexity index is 805. The maximum atomic E-state index is 12.9. The lowest BCUT2D eigenvalue weighted by atomic mass is 9.75. The van der Waals surface area contributed by atoms with E-state index < -0.39 is 0 Å². The summed E-state index contributed by atoms with van der Waals surface area (Å²) in [5, 5.41) is 1.13. The van der Waals surface area contributed by atoms with Crippen LogP contribution in [0.1, 0.15) is 30.1 Å². The van der Waals surface area contributed by atoms with Crippen molar-refractivity contribution in [2.24, 2.45) is 13.0 Å². The highest BCUT2D eigenvalue weighted by Gasteiger charge is 2.50. The van der Waals surface area contributed by atoms with E-state index in [-0.39, 0.29) is 11.4 Å². The lowest BCUT2D eigenvalue weighted by Crippen LogP contribution is -2.72. The molecule has 2 aromatic rings. The summed E-state index contributed by atoms with van der Waals surface area (Å²) < 4.78 is 7.74. The number of aryl methyl sites for hydroxylation is 1.